The first-order chi connectivity index (χ1) is 18.3. The van der Waals surface area contributed by atoms with Crippen LogP contribution in [0.3, 0.4) is 0 Å². The highest BCUT2D eigenvalue weighted by atomic mass is 32.2. The Morgan fingerprint density at radius 3 is 2.67 bits per heavy atom. The highest BCUT2D eigenvalue weighted by Crippen LogP contribution is 2.40. The fourth-order valence-electron chi connectivity index (χ4n) is 4.38. The van der Waals surface area contributed by atoms with Crippen molar-refractivity contribution in [2.24, 2.45) is 11.1 Å². The molecule has 1 aliphatic rings. The topological polar surface area (TPSA) is 87.8 Å². The molecule has 2 aromatic rings. The molecule has 0 saturated carbocycles. The molecule has 0 fully saturated rings. The van der Waals surface area contributed by atoms with E-state index in [4.69, 9.17) is 10.5 Å². The van der Waals surface area contributed by atoms with Gasteiger partial charge in [-0.15, -0.1) is 0 Å². The van der Waals surface area contributed by atoms with Crippen molar-refractivity contribution < 1.29 is 27.8 Å². The fourth-order valence-corrected chi connectivity index (χ4v) is 5.55. The van der Waals surface area contributed by atoms with Crippen molar-refractivity contribution >= 4 is 17.9 Å². The normalized spacial score (nSPS) is 15.9. The van der Waals surface area contributed by atoms with Crippen molar-refractivity contribution in [1.29, 1.82) is 0 Å². The summed E-state index contributed by atoms with van der Waals surface area (Å²) < 4.78 is 48.2. The Morgan fingerprint density at radius 2 is 2.00 bits per heavy atom. The monoisotopic (exact) mass is 565 g/mol. The highest BCUT2D eigenvalue weighted by Gasteiger charge is 2.39. The summed E-state index contributed by atoms with van der Waals surface area (Å²) in [7, 11) is 0. The highest BCUT2D eigenvalue weighted by molar-refractivity contribution is 7.97. The zero-order valence-corrected chi connectivity index (χ0v) is 23.7. The molecular formula is C29H38F3N3O3S. The van der Waals surface area contributed by atoms with Crippen LogP contribution in [0, 0.1) is 12.3 Å². The maximum atomic E-state index is 13.3. The van der Waals surface area contributed by atoms with E-state index in [-0.39, 0.29) is 6.61 Å². The summed E-state index contributed by atoms with van der Waals surface area (Å²) in [6.45, 7) is 9.26. The minimum absolute atomic E-state index is 0.0571. The van der Waals surface area contributed by atoms with E-state index in [1.54, 1.807) is 26.1 Å². The lowest BCUT2D eigenvalue weighted by molar-refractivity contribution is -0.156. The van der Waals surface area contributed by atoms with Crippen molar-refractivity contribution in [3.63, 3.8) is 0 Å². The number of benzene rings is 2. The van der Waals surface area contributed by atoms with E-state index in [1.807, 2.05) is 32.0 Å². The number of rotatable bonds is 11. The van der Waals surface area contributed by atoms with Gasteiger partial charge in [0, 0.05) is 30.7 Å². The third-order valence-electron chi connectivity index (χ3n) is 6.80. The minimum atomic E-state index is -4.39. The first-order valence-electron chi connectivity index (χ1n) is 13.1. The molecule has 0 aliphatic carbocycles. The summed E-state index contributed by atoms with van der Waals surface area (Å²) in [6, 6.07) is 9.69. The van der Waals surface area contributed by atoms with E-state index < -0.39 is 29.2 Å². The number of hydrogen-bond donors (Lipinski definition) is 3. The lowest BCUT2D eigenvalue weighted by atomic mass is 9.81. The number of hydrogen-bond acceptors (Lipinski definition) is 6. The van der Waals surface area contributed by atoms with Crippen LogP contribution in [-0.4, -0.2) is 35.1 Å². The molecule has 10 heteroatoms. The number of carboxylic acid groups (broad SMARTS) is 1. The number of nitrogens with zero attached hydrogens (tertiary/aromatic N) is 1. The fraction of sp³-hybridized carbons (Fsp3) is 0.483. The van der Waals surface area contributed by atoms with E-state index >= 15 is 0 Å². The molecule has 1 unspecified atom stereocenters. The Kier molecular flexibility index (Phi) is 10.4. The van der Waals surface area contributed by atoms with E-state index in [9.17, 15) is 23.1 Å². The first kappa shape index (κ1) is 30.8. The molecule has 0 amide bonds. The predicted molar refractivity (Wildman–Crippen MR) is 148 cm³/mol. The van der Waals surface area contributed by atoms with Crippen LogP contribution in [0.1, 0.15) is 67.5 Å². The molecule has 214 valence electrons. The van der Waals surface area contributed by atoms with Gasteiger partial charge in [-0.25, -0.2) is 4.31 Å². The molecular weight excluding hydrogens is 527 g/mol. The molecule has 3 rings (SSSR count). The number of ether oxygens (including phenoxy) is 1. The Labute approximate surface area is 232 Å². The van der Waals surface area contributed by atoms with Gasteiger partial charge in [0.2, 0.25) is 0 Å². The molecule has 1 atom stereocenters. The van der Waals surface area contributed by atoms with Gasteiger partial charge >= 0.3 is 12.1 Å². The second kappa shape index (κ2) is 13.1. The smallest absolute Gasteiger partial charge is 0.416 e. The summed E-state index contributed by atoms with van der Waals surface area (Å²) >= 11 is 1.34. The van der Waals surface area contributed by atoms with Crippen molar-refractivity contribution in [2.75, 3.05) is 19.7 Å². The van der Waals surface area contributed by atoms with Crippen LogP contribution in [0.25, 0.3) is 0 Å². The van der Waals surface area contributed by atoms with Crippen LogP contribution >= 0.6 is 11.9 Å². The Bertz CT molecular complexity index is 1180. The molecule has 0 aromatic heterocycles. The number of alkyl halides is 3. The van der Waals surface area contributed by atoms with E-state index in [1.165, 1.54) is 18.0 Å². The number of fused-ring (bicyclic) bond motifs is 1. The van der Waals surface area contributed by atoms with Gasteiger partial charge in [0.1, 0.15) is 0 Å². The van der Waals surface area contributed by atoms with Crippen molar-refractivity contribution in [3.8, 4) is 0 Å². The third-order valence-corrected chi connectivity index (χ3v) is 7.95. The van der Waals surface area contributed by atoms with E-state index in [0.717, 1.165) is 42.1 Å². The largest absolute Gasteiger partial charge is 0.481 e. The molecule has 39 heavy (non-hydrogen) atoms. The number of nitrogens with two attached hydrogens (primary N) is 1. The standard InChI is InChI=1S/C29H38F3N3O3S/c1-5-12-34-16-24(33)18-38-26(28(3,4)27(36)37)21-9-8-19(2)22(14-21)17-35-13-6-7-20-10-11-23(29(30,31)32)15-25(20)39-35/h8-11,14-16,26,34H,5-7,12-13,17-18,33H2,1-4H3,(H,36,37)/b24-16-. The lowest BCUT2D eigenvalue weighted by Crippen LogP contribution is -2.34. The summed E-state index contributed by atoms with van der Waals surface area (Å²) in [6.07, 6.45) is -1.03. The Hall–Kier alpha value is -2.69. The van der Waals surface area contributed by atoms with Gasteiger partial charge < -0.3 is 20.9 Å². The van der Waals surface area contributed by atoms with Crippen LogP contribution in [0.5, 0.6) is 0 Å². The zero-order valence-electron chi connectivity index (χ0n) is 22.9. The van der Waals surface area contributed by atoms with Crippen LogP contribution in [0.4, 0.5) is 13.2 Å². The Balaban J connectivity index is 1.86. The van der Waals surface area contributed by atoms with E-state index in [0.29, 0.717) is 35.7 Å². The van der Waals surface area contributed by atoms with Gasteiger partial charge in [0.05, 0.1) is 29.4 Å². The van der Waals surface area contributed by atoms with Crippen molar-refractivity contribution in [1.82, 2.24) is 9.62 Å². The average molecular weight is 566 g/mol. The van der Waals surface area contributed by atoms with E-state index in [2.05, 4.69) is 9.62 Å². The minimum Gasteiger partial charge on any atom is -0.481 e. The molecule has 1 heterocycles. The van der Waals surface area contributed by atoms with Crippen LogP contribution < -0.4 is 11.1 Å². The lowest BCUT2D eigenvalue weighted by Gasteiger charge is -2.31. The van der Waals surface area contributed by atoms with Gasteiger partial charge in [-0.2, -0.15) is 13.2 Å². The molecule has 1 aliphatic heterocycles. The summed E-state index contributed by atoms with van der Waals surface area (Å²) in [5.41, 5.74) is 8.22. The summed E-state index contributed by atoms with van der Waals surface area (Å²) in [5, 5.41) is 13.1. The van der Waals surface area contributed by atoms with Crippen LogP contribution in [0.15, 0.2) is 53.2 Å². The zero-order chi connectivity index (χ0) is 28.8. The number of nitrogens with one attached hydrogen (secondary N) is 1. The van der Waals surface area contributed by atoms with Crippen molar-refractivity contribution in [2.45, 2.75) is 70.7 Å². The number of carboxylic acids is 1. The van der Waals surface area contributed by atoms with Gasteiger partial charge in [-0.3, -0.25) is 4.79 Å². The van der Waals surface area contributed by atoms with Gasteiger partial charge in [0.15, 0.2) is 0 Å². The molecule has 0 spiro atoms. The van der Waals surface area contributed by atoms with Crippen LogP contribution in [-0.2, 0) is 28.7 Å². The summed E-state index contributed by atoms with van der Waals surface area (Å²) in [5.74, 6) is -0.999. The van der Waals surface area contributed by atoms with Gasteiger partial charge in [-0.05, 0) is 86.4 Å². The maximum absolute atomic E-state index is 13.3. The third kappa shape index (κ3) is 8.16. The number of halogens is 3. The molecule has 2 aromatic carbocycles. The quantitative estimate of drug-likeness (QED) is 0.214. The first-order valence-corrected chi connectivity index (χ1v) is 13.9. The van der Waals surface area contributed by atoms with Gasteiger partial charge in [-0.1, -0.05) is 31.2 Å². The SMILES string of the molecule is CCCN/C=C(\N)COC(c1ccc(C)c(CN2CCCc3ccc(C(F)(F)F)cc3S2)c1)C(C)(C)C(=O)O. The second-order valence-electron chi connectivity index (χ2n) is 10.5. The summed E-state index contributed by atoms with van der Waals surface area (Å²) in [4.78, 5) is 12.8. The number of aliphatic carboxylic acids is 1. The molecule has 0 bridgehead atoms. The van der Waals surface area contributed by atoms with Gasteiger partial charge in [0.25, 0.3) is 0 Å². The van der Waals surface area contributed by atoms with Crippen LogP contribution in [0.2, 0.25) is 0 Å². The predicted octanol–water partition coefficient (Wildman–Crippen LogP) is 6.44. The number of carbonyl (C=O) groups is 1. The molecule has 6 nitrogen and oxygen atoms in total. The molecule has 0 radical (unpaired) electrons. The average Bonchev–Trinajstić information content (AvgIpc) is 3.06. The molecule has 0 saturated heterocycles. The second-order valence-corrected chi connectivity index (χ2v) is 11.6. The number of aryl methyl sites for hydroxylation is 2. The molecule has 4 N–H and O–H groups in total. The maximum Gasteiger partial charge on any atom is 0.416 e. The van der Waals surface area contributed by atoms with Crippen molar-refractivity contribution in [3.05, 3.63) is 76.1 Å². The Morgan fingerprint density at radius 1 is 1.26 bits per heavy atom.